The van der Waals surface area contributed by atoms with Crippen LogP contribution in [0.1, 0.15) is 23.2 Å². The number of nitrogens with zero attached hydrogens (tertiary/aromatic N) is 2. The minimum Gasteiger partial charge on any atom is -0.367 e. The van der Waals surface area contributed by atoms with Crippen LogP contribution in [0, 0.1) is 0 Å². The van der Waals surface area contributed by atoms with E-state index in [0.717, 1.165) is 18.7 Å². The van der Waals surface area contributed by atoms with Gasteiger partial charge in [-0.25, -0.2) is 4.98 Å². The highest BCUT2D eigenvalue weighted by Crippen LogP contribution is 2.15. The van der Waals surface area contributed by atoms with Gasteiger partial charge in [-0.1, -0.05) is 12.2 Å². The molecular formula is C13H17N3O. The fraction of sp³-hybridized carbons (Fsp3) is 0.385. The van der Waals surface area contributed by atoms with Gasteiger partial charge in [0.05, 0.1) is 5.56 Å². The molecule has 0 atom stereocenters. The molecule has 0 radical (unpaired) electrons. The number of rotatable bonds is 3. The minimum atomic E-state index is -0.0217. The minimum absolute atomic E-state index is 0.0217. The molecule has 90 valence electrons. The van der Waals surface area contributed by atoms with Crippen molar-refractivity contribution in [3.8, 4) is 0 Å². The number of carbonyl (C=O) groups is 1. The van der Waals surface area contributed by atoms with Crippen molar-refractivity contribution in [1.82, 2.24) is 9.88 Å². The zero-order valence-electron chi connectivity index (χ0n) is 10.2. The number of anilines is 1. The van der Waals surface area contributed by atoms with Crippen LogP contribution < -0.4 is 5.32 Å². The fourth-order valence-electron chi connectivity index (χ4n) is 1.81. The van der Waals surface area contributed by atoms with E-state index in [4.69, 9.17) is 0 Å². The molecule has 1 N–H and O–H groups in total. The average molecular weight is 231 g/mol. The predicted octanol–water partition coefficient (Wildman–Crippen LogP) is 1.91. The number of amides is 1. The monoisotopic (exact) mass is 231 g/mol. The van der Waals surface area contributed by atoms with E-state index >= 15 is 0 Å². The van der Waals surface area contributed by atoms with Crippen LogP contribution in [-0.2, 0) is 0 Å². The molecule has 1 aromatic heterocycles. The molecule has 0 bridgehead atoms. The van der Waals surface area contributed by atoms with E-state index in [-0.39, 0.29) is 5.91 Å². The molecule has 2 rings (SSSR count). The maximum absolute atomic E-state index is 11.7. The smallest absolute Gasteiger partial charge is 0.254 e. The molecule has 0 saturated carbocycles. The third kappa shape index (κ3) is 2.84. The van der Waals surface area contributed by atoms with Gasteiger partial charge in [-0.3, -0.25) is 4.79 Å². The van der Waals surface area contributed by atoms with Gasteiger partial charge in [0.15, 0.2) is 0 Å². The normalized spacial score (nSPS) is 14.9. The van der Waals surface area contributed by atoms with E-state index in [1.807, 2.05) is 6.07 Å². The molecular weight excluding hydrogens is 214 g/mol. The number of pyridine rings is 1. The third-order valence-electron chi connectivity index (χ3n) is 2.78. The largest absolute Gasteiger partial charge is 0.367 e. The Morgan fingerprint density at radius 1 is 1.35 bits per heavy atom. The predicted molar refractivity (Wildman–Crippen MR) is 68.0 cm³/mol. The topological polar surface area (TPSA) is 45.2 Å². The van der Waals surface area contributed by atoms with Gasteiger partial charge in [-0.05, 0) is 25.0 Å². The maximum Gasteiger partial charge on any atom is 0.254 e. The molecule has 17 heavy (non-hydrogen) atoms. The summed E-state index contributed by atoms with van der Waals surface area (Å²) in [5, 5.41) is 3.34. The number of nitrogens with one attached hydrogen (secondary N) is 1. The number of carbonyl (C=O) groups excluding carboxylic acids is 1. The second kappa shape index (κ2) is 4.99. The lowest BCUT2D eigenvalue weighted by molar-refractivity contribution is 0.0827. The quantitative estimate of drug-likeness (QED) is 0.808. The third-order valence-corrected chi connectivity index (χ3v) is 2.78. The zero-order chi connectivity index (χ0) is 12.3. The van der Waals surface area contributed by atoms with Gasteiger partial charge in [-0.2, -0.15) is 0 Å². The Labute approximate surface area is 101 Å². The molecule has 0 unspecified atom stereocenters. The Hall–Kier alpha value is -1.84. The summed E-state index contributed by atoms with van der Waals surface area (Å²) in [7, 11) is 3.47. The lowest BCUT2D eigenvalue weighted by Gasteiger charge is -2.13. The van der Waals surface area contributed by atoms with Gasteiger partial charge >= 0.3 is 0 Å². The molecule has 0 saturated heterocycles. The number of aromatic nitrogens is 1. The van der Waals surface area contributed by atoms with Gasteiger partial charge in [0.25, 0.3) is 5.91 Å². The molecule has 1 aliphatic carbocycles. The summed E-state index contributed by atoms with van der Waals surface area (Å²) in [6.07, 6.45) is 8.04. The first-order chi connectivity index (χ1) is 8.16. The van der Waals surface area contributed by atoms with Crippen LogP contribution in [0.5, 0.6) is 0 Å². The Morgan fingerprint density at radius 2 is 2.06 bits per heavy atom. The van der Waals surface area contributed by atoms with Crippen molar-refractivity contribution in [1.29, 1.82) is 0 Å². The molecule has 0 aliphatic heterocycles. The Morgan fingerprint density at radius 3 is 2.59 bits per heavy atom. The van der Waals surface area contributed by atoms with Crippen molar-refractivity contribution in [3.63, 3.8) is 0 Å². The summed E-state index contributed by atoms with van der Waals surface area (Å²) in [4.78, 5) is 17.5. The first-order valence-corrected chi connectivity index (χ1v) is 5.76. The highest BCUT2D eigenvalue weighted by molar-refractivity contribution is 5.93. The summed E-state index contributed by atoms with van der Waals surface area (Å²) < 4.78 is 0. The van der Waals surface area contributed by atoms with Crippen molar-refractivity contribution in [2.75, 3.05) is 19.4 Å². The van der Waals surface area contributed by atoms with Crippen LogP contribution in [0.25, 0.3) is 0 Å². The van der Waals surface area contributed by atoms with Crippen LogP contribution in [0.15, 0.2) is 30.5 Å². The zero-order valence-corrected chi connectivity index (χ0v) is 10.2. The first kappa shape index (κ1) is 11.6. The molecule has 0 aromatic carbocycles. The second-order valence-electron chi connectivity index (χ2n) is 4.42. The maximum atomic E-state index is 11.7. The molecule has 0 fully saturated rings. The molecule has 4 heteroatoms. The molecule has 1 heterocycles. The van der Waals surface area contributed by atoms with Crippen molar-refractivity contribution in [3.05, 3.63) is 36.0 Å². The van der Waals surface area contributed by atoms with E-state index in [9.17, 15) is 4.79 Å². The van der Waals surface area contributed by atoms with Crippen molar-refractivity contribution >= 4 is 11.7 Å². The molecule has 0 spiro atoms. The summed E-state index contributed by atoms with van der Waals surface area (Å²) in [6.45, 7) is 0. The second-order valence-corrected chi connectivity index (χ2v) is 4.42. The van der Waals surface area contributed by atoms with Gasteiger partial charge in [-0.15, -0.1) is 0 Å². The van der Waals surface area contributed by atoms with Crippen molar-refractivity contribution < 1.29 is 4.79 Å². The average Bonchev–Trinajstić information content (AvgIpc) is 2.82. The van der Waals surface area contributed by atoms with E-state index < -0.39 is 0 Å². The van der Waals surface area contributed by atoms with E-state index in [1.54, 1.807) is 31.3 Å². The van der Waals surface area contributed by atoms with Gasteiger partial charge in [0.1, 0.15) is 5.82 Å². The Kier molecular flexibility index (Phi) is 3.42. The molecule has 4 nitrogen and oxygen atoms in total. The first-order valence-electron chi connectivity index (χ1n) is 5.76. The molecule has 1 aromatic rings. The molecule has 1 aliphatic rings. The SMILES string of the molecule is CN(C)C(=O)c1ccc(NC2CC=CC2)nc1. The van der Waals surface area contributed by atoms with Gasteiger partial charge in [0.2, 0.25) is 0 Å². The summed E-state index contributed by atoms with van der Waals surface area (Å²) in [5.74, 6) is 0.806. The number of hydrogen-bond donors (Lipinski definition) is 1. The van der Waals surface area contributed by atoms with E-state index in [1.165, 1.54) is 0 Å². The molecule has 1 amide bonds. The highest BCUT2D eigenvalue weighted by atomic mass is 16.2. The van der Waals surface area contributed by atoms with Crippen LogP contribution in [0.3, 0.4) is 0 Å². The van der Waals surface area contributed by atoms with Crippen LogP contribution in [0.2, 0.25) is 0 Å². The van der Waals surface area contributed by atoms with Crippen LogP contribution in [0.4, 0.5) is 5.82 Å². The van der Waals surface area contributed by atoms with Crippen LogP contribution in [-0.4, -0.2) is 35.9 Å². The van der Waals surface area contributed by atoms with Crippen molar-refractivity contribution in [2.24, 2.45) is 0 Å². The summed E-state index contributed by atoms with van der Waals surface area (Å²) >= 11 is 0. The van der Waals surface area contributed by atoms with Gasteiger partial charge in [0, 0.05) is 26.3 Å². The van der Waals surface area contributed by atoms with Crippen LogP contribution >= 0.6 is 0 Å². The van der Waals surface area contributed by atoms with Crippen molar-refractivity contribution in [2.45, 2.75) is 18.9 Å². The highest BCUT2D eigenvalue weighted by Gasteiger charge is 2.11. The lowest BCUT2D eigenvalue weighted by Crippen LogP contribution is -2.22. The fourth-order valence-corrected chi connectivity index (χ4v) is 1.81. The lowest BCUT2D eigenvalue weighted by atomic mass is 10.2. The Bertz CT molecular complexity index is 415. The summed E-state index contributed by atoms with van der Waals surface area (Å²) in [5.41, 5.74) is 0.616. The van der Waals surface area contributed by atoms with Gasteiger partial charge < -0.3 is 10.2 Å². The number of hydrogen-bond acceptors (Lipinski definition) is 3. The van der Waals surface area contributed by atoms with E-state index in [2.05, 4.69) is 22.5 Å². The standard InChI is InChI=1S/C13H17N3O/c1-16(2)13(17)10-7-8-12(14-9-10)15-11-5-3-4-6-11/h3-4,7-9,11H,5-6H2,1-2H3,(H,14,15). The summed E-state index contributed by atoms with van der Waals surface area (Å²) in [6, 6.07) is 4.10. The Balaban J connectivity index is 2.00. The van der Waals surface area contributed by atoms with E-state index in [0.29, 0.717) is 11.6 Å².